The zero-order valence-electron chi connectivity index (χ0n) is 13.4. The van der Waals surface area contributed by atoms with Crippen LogP contribution in [0, 0.1) is 0 Å². The van der Waals surface area contributed by atoms with Crippen molar-refractivity contribution in [1.82, 2.24) is 15.0 Å². The molecule has 3 rings (SSSR count). The fourth-order valence-electron chi connectivity index (χ4n) is 2.78. The second-order valence-electron chi connectivity index (χ2n) is 5.61. The highest BCUT2D eigenvalue weighted by Crippen LogP contribution is 2.31. The average Bonchev–Trinajstić information content (AvgIpc) is 3.02. The van der Waals surface area contributed by atoms with Gasteiger partial charge >= 0.3 is 0 Å². The monoisotopic (exact) mass is 319 g/mol. The van der Waals surface area contributed by atoms with Crippen molar-refractivity contribution in [2.45, 2.75) is 25.5 Å². The Morgan fingerprint density at radius 1 is 1.35 bits per heavy atom. The van der Waals surface area contributed by atoms with Crippen LogP contribution in [0.4, 0.5) is 0 Å². The third kappa shape index (κ3) is 3.62. The molecular weight excluding hydrogens is 298 g/mol. The fraction of sp³-hybridized carbons (Fsp3) is 0.500. The second kappa shape index (κ2) is 6.97. The van der Waals surface area contributed by atoms with Crippen LogP contribution in [0.3, 0.4) is 0 Å². The van der Waals surface area contributed by atoms with E-state index in [1.54, 1.807) is 20.3 Å². The van der Waals surface area contributed by atoms with E-state index >= 15 is 0 Å². The Hall–Kier alpha value is -2.12. The van der Waals surface area contributed by atoms with Crippen LogP contribution in [-0.2, 0) is 6.54 Å². The molecule has 23 heavy (non-hydrogen) atoms. The largest absolute Gasteiger partial charge is 0.497 e. The Morgan fingerprint density at radius 2 is 2.22 bits per heavy atom. The topological polar surface area (TPSA) is 80.9 Å². The van der Waals surface area contributed by atoms with Crippen LogP contribution in [0.15, 0.2) is 22.7 Å². The van der Waals surface area contributed by atoms with Crippen LogP contribution in [-0.4, -0.2) is 53.6 Å². The van der Waals surface area contributed by atoms with E-state index in [-0.39, 0.29) is 6.10 Å². The zero-order valence-corrected chi connectivity index (χ0v) is 13.4. The third-order valence-corrected chi connectivity index (χ3v) is 3.96. The standard InChI is InChI=1S/C16H21N3O4/c1-21-12-5-6-13(14(8-12)22-2)16-17-15(23-18-16)10-19-7-3-4-11(20)9-19/h5-6,8,11,20H,3-4,7,9-10H2,1-2H3. The second-order valence-corrected chi connectivity index (χ2v) is 5.61. The van der Waals surface area contributed by atoms with Gasteiger partial charge in [-0.15, -0.1) is 0 Å². The number of nitrogens with zero attached hydrogens (tertiary/aromatic N) is 3. The molecule has 1 aliphatic heterocycles. The normalized spacial score (nSPS) is 18.8. The van der Waals surface area contributed by atoms with Crippen molar-refractivity contribution in [3.63, 3.8) is 0 Å². The van der Waals surface area contributed by atoms with Gasteiger partial charge in [0, 0.05) is 12.6 Å². The summed E-state index contributed by atoms with van der Waals surface area (Å²) in [5, 5.41) is 13.8. The molecule has 124 valence electrons. The highest BCUT2D eigenvalue weighted by molar-refractivity contribution is 5.65. The van der Waals surface area contributed by atoms with Crippen molar-refractivity contribution >= 4 is 0 Å². The van der Waals surface area contributed by atoms with Gasteiger partial charge in [-0.3, -0.25) is 4.90 Å². The molecule has 0 amide bonds. The maximum atomic E-state index is 9.72. The predicted molar refractivity (Wildman–Crippen MR) is 83.4 cm³/mol. The number of aliphatic hydroxyl groups is 1. The highest BCUT2D eigenvalue weighted by Gasteiger charge is 2.21. The molecule has 1 aliphatic rings. The molecule has 7 nitrogen and oxygen atoms in total. The van der Waals surface area contributed by atoms with E-state index in [2.05, 4.69) is 15.0 Å². The Kier molecular flexibility index (Phi) is 4.78. The van der Waals surface area contributed by atoms with Crippen molar-refractivity contribution < 1.29 is 19.1 Å². The molecule has 1 fully saturated rings. The highest BCUT2D eigenvalue weighted by atomic mass is 16.5. The van der Waals surface area contributed by atoms with Crippen LogP contribution in [0.1, 0.15) is 18.7 Å². The quantitative estimate of drug-likeness (QED) is 0.898. The number of hydrogen-bond donors (Lipinski definition) is 1. The summed E-state index contributed by atoms with van der Waals surface area (Å²) in [5.74, 6) is 2.35. The van der Waals surface area contributed by atoms with Crippen LogP contribution in [0.25, 0.3) is 11.4 Å². The molecule has 2 heterocycles. The van der Waals surface area contributed by atoms with Gasteiger partial charge in [-0.05, 0) is 31.5 Å². The molecule has 0 radical (unpaired) electrons. The van der Waals surface area contributed by atoms with Gasteiger partial charge in [0.2, 0.25) is 11.7 Å². The molecule has 1 aromatic carbocycles. The van der Waals surface area contributed by atoms with E-state index in [4.69, 9.17) is 14.0 Å². The predicted octanol–water partition coefficient (Wildman–Crippen LogP) is 1.71. The molecule has 0 aliphatic carbocycles. The summed E-state index contributed by atoms with van der Waals surface area (Å²) in [7, 11) is 3.20. The smallest absolute Gasteiger partial charge is 0.241 e. The van der Waals surface area contributed by atoms with Gasteiger partial charge in [-0.2, -0.15) is 4.98 Å². The van der Waals surface area contributed by atoms with E-state index in [1.165, 1.54) is 0 Å². The molecule has 1 N–H and O–H groups in total. The SMILES string of the molecule is COc1ccc(-c2noc(CN3CCCC(O)C3)n2)c(OC)c1. The summed E-state index contributed by atoms with van der Waals surface area (Å²) in [4.78, 5) is 6.56. The number of likely N-dealkylation sites (tertiary alicyclic amines) is 1. The lowest BCUT2D eigenvalue weighted by Crippen LogP contribution is -2.37. The van der Waals surface area contributed by atoms with Crippen LogP contribution in [0.5, 0.6) is 11.5 Å². The van der Waals surface area contributed by atoms with E-state index < -0.39 is 0 Å². The maximum Gasteiger partial charge on any atom is 0.241 e. The van der Waals surface area contributed by atoms with Gasteiger partial charge in [0.05, 0.1) is 32.4 Å². The summed E-state index contributed by atoms with van der Waals surface area (Å²) in [5.41, 5.74) is 0.752. The Bertz CT molecular complexity index is 659. The number of rotatable bonds is 5. The molecular formula is C16H21N3O4. The molecule has 0 bridgehead atoms. The van der Waals surface area contributed by atoms with E-state index in [0.29, 0.717) is 36.3 Å². The Morgan fingerprint density at radius 3 is 2.96 bits per heavy atom. The van der Waals surface area contributed by atoms with E-state index in [1.807, 2.05) is 12.1 Å². The van der Waals surface area contributed by atoms with Crippen LogP contribution < -0.4 is 9.47 Å². The minimum atomic E-state index is -0.271. The van der Waals surface area contributed by atoms with Gasteiger partial charge in [-0.1, -0.05) is 5.16 Å². The summed E-state index contributed by atoms with van der Waals surface area (Å²) in [6, 6.07) is 5.46. The molecule has 0 saturated carbocycles. The first kappa shape index (κ1) is 15.8. The summed E-state index contributed by atoms with van der Waals surface area (Å²) in [6.45, 7) is 2.12. The van der Waals surface area contributed by atoms with Gasteiger partial charge in [-0.25, -0.2) is 0 Å². The van der Waals surface area contributed by atoms with E-state index in [0.717, 1.165) is 24.9 Å². The third-order valence-electron chi connectivity index (χ3n) is 3.96. The number of piperidine rings is 1. The molecule has 0 spiro atoms. The lowest BCUT2D eigenvalue weighted by Gasteiger charge is -2.28. The fourth-order valence-corrected chi connectivity index (χ4v) is 2.78. The van der Waals surface area contributed by atoms with Crippen LogP contribution >= 0.6 is 0 Å². The number of hydrogen-bond acceptors (Lipinski definition) is 7. The van der Waals surface area contributed by atoms with Gasteiger partial charge < -0.3 is 19.1 Å². The average molecular weight is 319 g/mol. The first-order chi connectivity index (χ1) is 11.2. The zero-order chi connectivity index (χ0) is 16.2. The molecule has 1 atom stereocenters. The molecule has 1 aromatic heterocycles. The lowest BCUT2D eigenvalue weighted by molar-refractivity contribution is 0.0613. The molecule has 1 unspecified atom stereocenters. The number of ether oxygens (including phenoxy) is 2. The van der Waals surface area contributed by atoms with Gasteiger partial charge in [0.25, 0.3) is 0 Å². The van der Waals surface area contributed by atoms with Crippen molar-refractivity contribution in [1.29, 1.82) is 0 Å². The molecule has 1 saturated heterocycles. The first-order valence-corrected chi connectivity index (χ1v) is 7.65. The number of benzene rings is 1. The summed E-state index contributed by atoms with van der Waals surface area (Å²) in [6.07, 6.45) is 1.57. The van der Waals surface area contributed by atoms with Crippen molar-refractivity contribution in [3.05, 3.63) is 24.1 Å². The molecule has 2 aromatic rings. The number of aromatic nitrogens is 2. The van der Waals surface area contributed by atoms with Crippen molar-refractivity contribution in [3.8, 4) is 22.9 Å². The maximum absolute atomic E-state index is 9.72. The minimum Gasteiger partial charge on any atom is -0.497 e. The minimum absolute atomic E-state index is 0.271. The lowest BCUT2D eigenvalue weighted by atomic mass is 10.1. The number of β-amino-alcohol motifs (C(OH)–C–C–N with tert-alkyl or cyclic N) is 1. The number of methoxy groups -OCH3 is 2. The number of aliphatic hydroxyl groups excluding tert-OH is 1. The summed E-state index contributed by atoms with van der Waals surface area (Å²) < 4.78 is 15.9. The Balaban J connectivity index is 1.76. The van der Waals surface area contributed by atoms with Crippen LogP contribution in [0.2, 0.25) is 0 Å². The van der Waals surface area contributed by atoms with Gasteiger partial charge in [0.1, 0.15) is 11.5 Å². The molecule has 7 heteroatoms. The van der Waals surface area contributed by atoms with Gasteiger partial charge in [0.15, 0.2) is 0 Å². The first-order valence-electron chi connectivity index (χ1n) is 7.65. The van der Waals surface area contributed by atoms with Crippen molar-refractivity contribution in [2.75, 3.05) is 27.3 Å². The Labute approximate surface area is 134 Å². The van der Waals surface area contributed by atoms with Crippen molar-refractivity contribution in [2.24, 2.45) is 0 Å². The summed E-state index contributed by atoms with van der Waals surface area (Å²) >= 11 is 0. The van der Waals surface area contributed by atoms with E-state index in [9.17, 15) is 5.11 Å².